The molecule has 31 heavy (non-hydrogen) atoms. The van der Waals surface area contributed by atoms with Crippen molar-refractivity contribution >= 4 is 50.0 Å². The number of nitrogen functional groups attached to an aromatic ring is 1. The zero-order chi connectivity index (χ0) is 22.2. The van der Waals surface area contributed by atoms with Crippen LogP contribution in [0.4, 0.5) is 5.69 Å². The molecule has 0 atom stereocenters. The minimum absolute atomic E-state index is 0.0174. The number of pyridine rings is 1. The molecule has 1 heterocycles. The van der Waals surface area contributed by atoms with Crippen LogP contribution < -0.4 is 21.3 Å². The van der Waals surface area contributed by atoms with Gasteiger partial charge in [-0.1, -0.05) is 11.6 Å². The molecule has 0 unspecified atom stereocenters. The van der Waals surface area contributed by atoms with E-state index in [1.54, 1.807) is 18.2 Å². The molecule has 2 amide bonds. The van der Waals surface area contributed by atoms with Crippen LogP contribution in [0, 0.1) is 0 Å². The molecule has 1 aromatic heterocycles. The Balaban J connectivity index is 1.43. The second-order valence-electron chi connectivity index (χ2n) is 7.08. The lowest BCUT2D eigenvalue weighted by molar-refractivity contribution is 0.0847. The number of fused-ring (bicyclic) bond motifs is 1. The van der Waals surface area contributed by atoms with Crippen LogP contribution in [0.2, 0.25) is 5.02 Å². The maximum atomic E-state index is 12.5. The molecule has 11 heteroatoms. The Morgan fingerprint density at radius 1 is 1.03 bits per heavy atom. The van der Waals surface area contributed by atoms with Crippen molar-refractivity contribution in [2.75, 3.05) is 5.73 Å². The fourth-order valence-electron chi connectivity index (χ4n) is 2.89. The van der Waals surface area contributed by atoms with Crippen molar-refractivity contribution in [1.82, 2.24) is 20.6 Å². The second kappa shape index (κ2) is 8.14. The van der Waals surface area contributed by atoms with Crippen LogP contribution in [0.3, 0.4) is 0 Å². The van der Waals surface area contributed by atoms with E-state index >= 15 is 0 Å². The summed E-state index contributed by atoms with van der Waals surface area (Å²) in [6.45, 7) is 0. The Bertz CT molecular complexity index is 1290. The van der Waals surface area contributed by atoms with Crippen LogP contribution in [0.5, 0.6) is 0 Å². The SMILES string of the molecule is Nc1c(C(=O)NNC(=O)c2ccc(S(=O)(=O)NC3CC3)cc2)cnc2ccc(Cl)cc12. The first-order valence-corrected chi connectivity index (χ1v) is 11.2. The fraction of sp³-hybridized carbons (Fsp3) is 0.150. The third-order valence-electron chi connectivity index (χ3n) is 4.73. The predicted octanol–water partition coefficient (Wildman–Crippen LogP) is 1.99. The summed E-state index contributed by atoms with van der Waals surface area (Å²) >= 11 is 5.98. The highest BCUT2D eigenvalue weighted by atomic mass is 35.5. The van der Waals surface area contributed by atoms with Crippen molar-refractivity contribution in [3.05, 3.63) is 64.8 Å². The molecule has 160 valence electrons. The van der Waals surface area contributed by atoms with Gasteiger partial charge in [0, 0.05) is 28.2 Å². The number of carbonyl (C=O) groups is 2. The van der Waals surface area contributed by atoms with E-state index in [9.17, 15) is 18.0 Å². The molecule has 0 saturated heterocycles. The van der Waals surface area contributed by atoms with E-state index in [0.29, 0.717) is 15.9 Å². The highest BCUT2D eigenvalue weighted by Crippen LogP contribution is 2.26. The molecule has 1 aliphatic carbocycles. The molecule has 1 fully saturated rings. The highest BCUT2D eigenvalue weighted by Gasteiger charge is 2.28. The topological polar surface area (TPSA) is 143 Å². The second-order valence-corrected chi connectivity index (χ2v) is 9.23. The molecule has 2 aromatic carbocycles. The van der Waals surface area contributed by atoms with Gasteiger partial charge < -0.3 is 5.73 Å². The molecule has 0 spiro atoms. The lowest BCUT2D eigenvalue weighted by Gasteiger charge is -2.11. The lowest BCUT2D eigenvalue weighted by atomic mass is 10.1. The largest absolute Gasteiger partial charge is 0.397 e. The number of nitrogens with one attached hydrogen (secondary N) is 3. The summed E-state index contributed by atoms with van der Waals surface area (Å²) in [5.41, 5.74) is 11.6. The highest BCUT2D eigenvalue weighted by molar-refractivity contribution is 7.89. The first-order valence-electron chi connectivity index (χ1n) is 9.31. The van der Waals surface area contributed by atoms with Crippen molar-refractivity contribution in [3.8, 4) is 0 Å². The summed E-state index contributed by atoms with van der Waals surface area (Å²) in [6.07, 6.45) is 2.95. The zero-order valence-corrected chi connectivity index (χ0v) is 17.6. The van der Waals surface area contributed by atoms with Crippen LogP contribution in [0.1, 0.15) is 33.6 Å². The lowest BCUT2D eigenvalue weighted by Crippen LogP contribution is -2.42. The van der Waals surface area contributed by atoms with Crippen molar-refractivity contribution in [1.29, 1.82) is 0 Å². The van der Waals surface area contributed by atoms with Gasteiger partial charge in [0.05, 0.1) is 21.7 Å². The van der Waals surface area contributed by atoms with Crippen molar-refractivity contribution in [2.45, 2.75) is 23.8 Å². The number of nitrogens with two attached hydrogens (primary N) is 1. The third kappa shape index (κ3) is 4.61. The van der Waals surface area contributed by atoms with Gasteiger partial charge in [-0.2, -0.15) is 0 Å². The van der Waals surface area contributed by atoms with E-state index in [2.05, 4.69) is 20.6 Å². The van der Waals surface area contributed by atoms with Crippen LogP contribution in [-0.2, 0) is 10.0 Å². The van der Waals surface area contributed by atoms with Crippen molar-refractivity contribution in [2.24, 2.45) is 0 Å². The molecule has 5 N–H and O–H groups in total. The van der Waals surface area contributed by atoms with Crippen molar-refractivity contribution < 1.29 is 18.0 Å². The molecular formula is C20H18ClN5O4S. The Morgan fingerprint density at radius 2 is 1.71 bits per heavy atom. The first-order chi connectivity index (χ1) is 14.7. The summed E-state index contributed by atoms with van der Waals surface area (Å²) in [6, 6.07) is 10.3. The summed E-state index contributed by atoms with van der Waals surface area (Å²) in [5.74, 6) is -1.28. The number of hydrazine groups is 1. The molecule has 0 bridgehead atoms. The number of aromatic nitrogens is 1. The van der Waals surface area contributed by atoms with Gasteiger partial charge in [-0.25, -0.2) is 13.1 Å². The van der Waals surface area contributed by atoms with E-state index in [1.165, 1.54) is 30.5 Å². The molecule has 4 rings (SSSR count). The van der Waals surface area contributed by atoms with Gasteiger partial charge in [0.15, 0.2) is 0 Å². The fourth-order valence-corrected chi connectivity index (χ4v) is 4.37. The quantitative estimate of drug-likeness (QED) is 0.429. The van der Waals surface area contributed by atoms with E-state index in [4.69, 9.17) is 17.3 Å². The zero-order valence-electron chi connectivity index (χ0n) is 16.1. The number of benzene rings is 2. The van der Waals surface area contributed by atoms with Gasteiger partial charge in [-0.3, -0.25) is 25.4 Å². The summed E-state index contributed by atoms with van der Waals surface area (Å²) < 4.78 is 26.9. The Morgan fingerprint density at radius 3 is 2.39 bits per heavy atom. The van der Waals surface area contributed by atoms with E-state index in [1.807, 2.05) is 0 Å². The monoisotopic (exact) mass is 459 g/mol. The molecule has 9 nitrogen and oxygen atoms in total. The van der Waals surface area contributed by atoms with E-state index < -0.39 is 21.8 Å². The van der Waals surface area contributed by atoms with Gasteiger partial charge in [-0.05, 0) is 55.3 Å². The molecule has 1 aliphatic rings. The molecule has 3 aromatic rings. The van der Waals surface area contributed by atoms with Crippen LogP contribution in [-0.4, -0.2) is 31.3 Å². The normalized spacial score (nSPS) is 13.7. The van der Waals surface area contributed by atoms with Crippen LogP contribution >= 0.6 is 11.6 Å². The van der Waals surface area contributed by atoms with Gasteiger partial charge in [-0.15, -0.1) is 0 Å². The average Bonchev–Trinajstić information content (AvgIpc) is 3.56. The van der Waals surface area contributed by atoms with Gasteiger partial charge in [0.25, 0.3) is 11.8 Å². The van der Waals surface area contributed by atoms with Gasteiger partial charge in [0.1, 0.15) is 0 Å². The van der Waals surface area contributed by atoms with Gasteiger partial charge >= 0.3 is 0 Å². The number of anilines is 1. The average molecular weight is 460 g/mol. The number of hydrogen-bond donors (Lipinski definition) is 4. The maximum Gasteiger partial charge on any atom is 0.273 e. The Hall–Kier alpha value is -3.21. The predicted molar refractivity (Wildman–Crippen MR) is 116 cm³/mol. The minimum Gasteiger partial charge on any atom is -0.397 e. The third-order valence-corrected chi connectivity index (χ3v) is 6.50. The Kier molecular flexibility index (Phi) is 5.52. The number of rotatable bonds is 5. The Labute approximate surface area is 183 Å². The number of nitrogens with zero attached hydrogens (tertiary/aromatic N) is 1. The standard InChI is InChI=1S/C20H18ClN5O4S/c21-12-3-8-17-15(9-12)18(22)16(10-23-17)20(28)25-24-19(27)11-1-6-14(7-2-11)31(29,30)26-13-4-5-13/h1-3,6-10,13,26H,4-5H2,(H2,22,23)(H,24,27)(H,25,28). The van der Waals surface area contributed by atoms with Crippen LogP contribution in [0.25, 0.3) is 10.9 Å². The van der Waals surface area contributed by atoms with Crippen molar-refractivity contribution in [3.63, 3.8) is 0 Å². The number of hydrogen-bond acceptors (Lipinski definition) is 6. The number of amides is 2. The van der Waals surface area contributed by atoms with Crippen LogP contribution in [0.15, 0.2) is 53.6 Å². The molecular weight excluding hydrogens is 442 g/mol. The molecule has 0 aliphatic heterocycles. The molecule has 0 radical (unpaired) electrons. The van der Waals surface area contributed by atoms with Gasteiger partial charge in [0.2, 0.25) is 10.0 Å². The molecule has 1 saturated carbocycles. The number of carbonyl (C=O) groups excluding carboxylic acids is 2. The van der Waals surface area contributed by atoms with E-state index in [0.717, 1.165) is 12.8 Å². The summed E-state index contributed by atoms with van der Waals surface area (Å²) in [5, 5.41) is 0.965. The maximum absolute atomic E-state index is 12.5. The summed E-state index contributed by atoms with van der Waals surface area (Å²) in [7, 11) is -3.61. The number of sulfonamides is 1. The smallest absolute Gasteiger partial charge is 0.273 e. The minimum atomic E-state index is -3.61. The number of halogens is 1. The first kappa shape index (κ1) is 21.0. The van der Waals surface area contributed by atoms with E-state index in [-0.39, 0.29) is 27.8 Å². The summed E-state index contributed by atoms with van der Waals surface area (Å²) in [4.78, 5) is 29.0.